The molecule has 0 heterocycles. The van der Waals surface area contributed by atoms with Gasteiger partial charge in [-0.05, 0) is 170 Å². The van der Waals surface area contributed by atoms with Gasteiger partial charge in [0.15, 0.2) is 0 Å². The van der Waals surface area contributed by atoms with E-state index >= 15 is 0 Å². The second kappa shape index (κ2) is 18.6. The van der Waals surface area contributed by atoms with E-state index in [4.69, 9.17) is 0 Å². The van der Waals surface area contributed by atoms with E-state index in [9.17, 15) is 0 Å². The molecule has 0 saturated heterocycles. The quantitative estimate of drug-likeness (QED) is 0.130. The van der Waals surface area contributed by atoms with Gasteiger partial charge in [0.25, 0.3) is 0 Å². The van der Waals surface area contributed by atoms with E-state index in [1.54, 1.807) is 0 Å². The predicted octanol–water partition coefficient (Wildman–Crippen LogP) is 20.8. The van der Waals surface area contributed by atoms with E-state index < -0.39 is 5.41 Å². The van der Waals surface area contributed by atoms with Crippen molar-refractivity contribution in [3.63, 3.8) is 0 Å². The van der Waals surface area contributed by atoms with Crippen LogP contribution in [0.25, 0.3) is 98.7 Å². The van der Waals surface area contributed by atoms with E-state index in [1.807, 2.05) is 0 Å². The first kappa shape index (κ1) is 45.3. The van der Waals surface area contributed by atoms with Crippen molar-refractivity contribution in [2.75, 3.05) is 4.90 Å². The molecule has 0 amide bonds. The van der Waals surface area contributed by atoms with Gasteiger partial charge in [-0.3, -0.25) is 0 Å². The summed E-state index contributed by atoms with van der Waals surface area (Å²) >= 11 is 0. The van der Waals surface area contributed by atoms with E-state index in [0.717, 1.165) is 17.1 Å². The van der Waals surface area contributed by atoms with E-state index in [-0.39, 0.29) is 0 Å². The Morgan fingerprint density at radius 1 is 0.205 bits per heavy atom. The van der Waals surface area contributed by atoms with Gasteiger partial charge in [-0.25, -0.2) is 0 Å². The lowest BCUT2D eigenvalue weighted by molar-refractivity contribution is 0.768. The van der Waals surface area contributed by atoms with Gasteiger partial charge in [0.1, 0.15) is 0 Å². The largest absolute Gasteiger partial charge is 0.310 e. The number of benzene rings is 14. The van der Waals surface area contributed by atoms with Gasteiger partial charge < -0.3 is 4.90 Å². The summed E-state index contributed by atoms with van der Waals surface area (Å²) in [6, 6.07) is 114. The van der Waals surface area contributed by atoms with Crippen molar-refractivity contribution in [1.29, 1.82) is 0 Å². The first-order valence-corrected chi connectivity index (χ1v) is 27.0. The van der Waals surface area contributed by atoms with Gasteiger partial charge in [0, 0.05) is 17.1 Å². The van der Waals surface area contributed by atoms with Crippen LogP contribution in [0.2, 0.25) is 0 Å². The van der Waals surface area contributed by atoms with Crippen molar-refractivity contribution >= 4 is 60.2 Å². The Morgan fingerprint density at radius 3 is 1.04 bits per heavy atom. The topological polar surface area (TPSA) is 3.24 Å². The third-order valence-corrected chi connectivity index (χ3v) is 16.5. The molecule has 1 heteroatoms. The molecule has 0 aliphatic heterocycles. The molecular formula is C77H51N. The van der Waals surface area contributed by atoms with Crippen LogP contribution in [0.15, 0.2) is 309 Å². The Bertz CT molecular complexity index is 4310. The van der Waals surface area contributed by atoms with Crippen molar-refractivity contribution in [1.82, 2.24) is 0 Å². The molecular weight excluding hydrogens is 939 g/mol. The summed E-state index contributed by atoms with van der Waals surface area (Å²) in [5.74, 6) is 0. The summed E-state index contributed by atoms with van der Waals surface area (Å²) in [5.41, 5.74) is 19.9. The molecule has 0 radical (unpaired) electrons. The molecule has 1 aliphatic carbocycles. The van der Waals surface area contributed by atoms with Gasteiger partial charge in [-0.15, -0.1) is 0 Å². The van der Waals surface area contributed by atoms with Crippen LogP contribution < -0.4 is 4.90 Å². The second-order valence-electron chi connectivity index (χ2n) is 20.8. The third kappa shape index (κ3) is 7.54. The monoisotopic (exact) mass is 989 g/mol. The van der Waals surface area contributed by atoms with Crippen LogP contribution in [-0.4, -0.2) is 0 Å². The van der Waals surface area contributed by atoms with Crippen molar-refractivity contribution < 1.29 is 0 Å². The zero-order valence-corrected chi connectivity index (χ0v) is 42.9. The Hall–Kier alpha value is -10.1. The van der Waals surface area contributed by atoms with Crippen LogP contribution in [0.4, 0.5) is 17.1 Å². The highest BCUT2D eigenvalue weighted by molar-refractivity contribution is 6.09. The summed E-state index contributed by atoms with van der Waals surface area (Å²) in [6.45, 7) is 0. The molecule has 0 atom stereocenters. The Morgan fingerprint density at radius 2 is 0.551 bits per heavy atom. The van der Waals surface area contributed by atoms with E-state index in [0.29, 0.717) is 0 Å². The summed E-state index contributed by atoms with van der Waals surface area (Å²) < 4.78 is 0. The summed E-state index contributed by atoms with van der Waals surface area (Å²) in [5, 5.41) is 10.2. The molecule has 0 saturated carbocycles. The lowest BCUT2D eigenvalue weighted by Crippen LogP contribution is -2.28. The highest BCUT2D eigenvalue weighted by atomic mass is 15.1. The average molecular weight is 990 g/mol. The maximum absolute atomic E-state index is 2.46. The molecule has 14 aromatic carbocycles. The fraction of sp³-hybridized carbons (Fsp3) is 0.0130. The van der Waals surface area contributed by atoms with Crippen molar-refractivity contribution in [2.24, 2.45) is 0 Å². The van der Waals surface area contributed by atoms with Gasteiger partial charge in [0.2, 0.25) is 0 Å². The fourth-order valence-electron chi connectivity index (χ4n) is 12.7. The number of nitrogens with zero attached hydrogens (tertiary/aromatic N) is 1. The zero-order chi connectivity index (χ0) is 51.6. The van der Waals surface area contributed by atoms with Gasteiger partial charge in [-0.1, -0.05) is 261 Å². The molecule has 0 unspecified atom stereocenters. The van der Waals surface area contributed by atoms with Gasteiger partial charge in [0.05, 0.1) is 5.41 Å². The van der Waals surface area contributed by atoms with Gasteiger partial charge >= 0.3 is 0 Å². The lowest BCUT2D eigenvalue weighted by Gasteiger charge is -2.35. The molecule has 14 aromatic rings. The molecule has 0 bridgehead atoms. The number of fused-ring (bicyclic) bond motifs is 9. The molecule has 364 valence electrons. The molecule has 0 N–H and O–H groups in total. The predicted molar refractivity (Wildman–Crippen MR) is 330 cm³/mol. The van der Waals surface area contributed by atoms with E-state index in [1.165, 1.54) is 121 Å². The normalized spacial score (nSPS) is 12.5. The summed E-state index contributed by atoms with van der Waals surface area (Å²) in [4.78, 5) is 2.43. The third-order valence-electron chi connectivity index (χ3n) is 16.5. The van der Waals surface area contributed by atoms with Crippen LogP contribution >= 0.6 is 0 Å². The highest BCUT2D eigenvalue weighted by Crippen LogP contribution is 2.57. The molecule has 1 nitrogen and oxygen atoms in total. The zero-order valence-electron chi connectivity index (χ0n) is 42.9. The minimum Gasteiger partial charge on any atom is -0.310 e. The smallest absolute Gasteiger partial charge is 0.0714 e. The Balaban J connectivity index is 0.799. The minimum atomic E-state index is -0.523. The number of rotatable bonds is 9. The van der Waals surface area contributed by atoms with Crippen molar-refractivity contribution in [3.05, 3.63) is 332 Å². The molecule has 0 spiro atoms. The molecule has 1 aliphatic rings. The molecule has 0 aromatic heterocycles. The standard InChI is InChI=1S/C77H51N/c1-3-15-64(16-4-1)77(65-17-5-2-6-18-65)75-22-12-11-21-73(75)74-48-45-68(51-76(74)77)78(66-41-35-54(36-42-66)52-23-27-56(28-24-52)60-39-46-71-62(49-60)33-31-58-13-7-9-19-69(58)71)67-43-37-55(38-44-67)53-25-29-57(30-26-53)61-40-47-72-63(50-61)34-32-59-14-8-10-20-70(59)72/h1-51H. The summed E-state index contributed by atoms with van der Waals surface area (Å²) in [6.07, 6.45) is 0. The minimum absolute atomic E-state index is 0.523. The highest BCUT2D eigenvalue weighted by Gasteiger charge is 2.46. The van der Waals surface area contributed by atoms with Gasteiger partial charge in [-0.2, -0.15) is 0 Å². The number of hydrogen-bond acceptors (Lipinski definition) is 1. The number of hydrogen-bond donors (Lipinski definition) is 0. The summed E-state index contributed by atoms with van der Waals surface area (Å²) in [7, 11) is 0. The maximum atomic E-state index is 2.46. The average Bonchev–Trinajstić information content (AvgIpc) is 4.07. The number of anilines is 3. The van der Waals surface area contributed by atoms with Crippen LogP contribution in [0.3, 0.4) is 0 Å². The second-order valence-corrected chi connectivity index (χ2v) is 20.8. The Labute approximate surface area is 455 Å². The molecule has 78 heavy (non-hydrogen) atoms. The maximum Gasteiger partial charge on any atom is 0.0714 e. The lowest BCUT2D eigenvalue weighted by atomic mass is 9.67. The van der Waals surface area contributed by atoms with Crippen LogP contribution in [0, 0.1) is 0 Å². The van der Waals surface area contributed by atoms with Crippen LogP contribution in [0.1, 0.15) is 22.3 Å². The fourth-order valence-corrected chi connectivity index (χ4v) is 12.7. The first-order valence-electron chi connectivity index (χ1n) is 27.0. The molecule has 15 rings (SSSR count). The Kier molecular flexibility index (Phi) is 10.8. The van der Waals surface area contributed by atoms with Crippen LogP contribution in [0.5, 0.6) is 0 Å². The van der Waals surface area contributed by atoms with Crippen molar-refractivity contribution in [3.8, 4) is 55.6 Å². The van der Waals surface area contributed by atoms with Crippen molar-refractivity contribution in [2.45, 2.75) is 5.41 Å². The van der Waals surface area contributed by atoms with Crippen LogP contribution in [-0.2, 0) is 5.41 Å². The van der Waals surface area contributed by atoms with E-state index in [2.05, 4.69) is 314 Å². The first-order chi connectivity index (χ1) is 38.6. The molecule has 0 fully saturated rings. The SMILES string of the molecule is c1ccc(C2(c3ccccc3)c3ccccc3-c3ccc(N(c4ccc(-c5ccc(-c6ccc7c(ccc8ccccc87)c6)cc5)cc4)c4ccc(-c5ccc(-c6ccc7c(ccc8ccccc87)c6)cc5)cc4)cc32)cc1.